The number of hydrogen-bond acceptors (Lipinski definition) is 6. The lowest BCUT2D eigenvalue weighted by Crippen LogP contribution is -2.48. The molecule has 2 aromatic rings. The van der Waals surface area contributed by atoms with Gasteiger partial charge in [-0.25, -0.2) is 9.59 Å². The van der Waals surface area contributed by atoms with Gasteiger partial charge in [0.1, 0.15) is 0 Å². The van der Waals surface area contributed by atoms with Crippen molar-refractivity contribution in [3.63, 3.8) is 0 Å². The molecule has 0 saturated heterocycles. The maximum absolute atomic E-state index is 12.8. The van der Waals surface area contributed by atoms with Crippen LogP contribution in [0.3, 0.4) is 0 Å². The highest BCUT2D eigenvalue weighted by Crippen LogP contribution is 2.33. The molecule has 0 saturated carbocycles. The Morgan fingerprint density at radius 3 is 2.60 bits per heavy atom. The molecule has 184 valence electrons. The number of non-ortho nitro benzene ring substituents is 1. The highest BCUT2D eigenvalue weighted by molar-refractivity contribution is 6.34. The fourth-order valence-electron chi connectivity index (χ4n) is 3.79. The first-order chi connectivity index (χ1) is 16.7. The highest BCUT2D eigenvalue weighted by Gasteiger charge is 2.36. The van der Waals surface area contributed by atoms with E-state index in [1.807, 2.05) is 6.92 Å². The second-order valence-electron chi connectivity index (χ2n) is 7.75. The summed E-state index contributed by atoms with van der Waals surface area (Å²) in [5, 5.41) is 16.4. The molecule has 0 aliphatic carbocycles. The monoisotopic (exact) mass is 500 g/mol. The van der Waals surface area contributed by atoms with Gasteiger partial charge in [-0.3, -0.25) is 19.8 Å². The molecule has 1 atom stereocenters. The largest absolute Gasteiger partial charge is 0.463 e. The minimum absolute atomic E-state index is 0.0619. The van der Waals surface area contributed by atoms with Crippen LogP contribution in [-0.2, 0) is 9.53 Å². The average molecular weight is 501 g/mol. The second kappa shape index (κ2) is 11.0. The molecule has 0 radical (unpaired) electrons. The van der Waals surface area contributed by atoms with Crippen molar-refractivity contribution >= 4 is 40.9 Å². The zero-order valence-corrected chi connectivity index (χ0v) is 20.2. The minimum atomic E-state index is -0.783. The molecule has 0 spiro atoms. The van der Waals surface area contributed by atoms with Crippen molar-refractivity contribution < 1.29 is 24.0 Å². The van der Waals surface area contributed by atoms with Gasteiger partial charge in [0, 0.05) is 30.1 Å². The molecule has 11 heteroatoms. The normalized spacial score (nSPS) is 15.5. The van der Waals surface area contributed by atoms with Gasteiger partial charge in [-0.2, -0.15) is 0 Å². The Morgan fingerprint density at radius 2 is 1.97 bits per heavy atom. The van der Waals surface area contributed by atoms with E-state index in [9.17, 15) is 24.5 Å². The van der Waals surface area contributed by atoms with Gasteiger partial charge in [0.15, 0.2) is 0 Å². The van der Waals surface area contributed by atoms with Crippen LogP contribution in [-0.4, -0.2) is 40.9 Å². The van der Waals surface area contributed by atoms with E-state index in [2.05, 4.69) is 10.6 Å². The number of carbonyl (C=O) groups is 3. The smallest absolute Gasteiger partial charge is 0.338 e. The number of halogens is 1. The summed E-state index contributed by atoms with van der Waals surface area (Å²) >= 11 is 6.07. The first-order valence-corrected chi connectivity index (χ1v) is 11.4. The van der Waals surface area contributed by atoms with Crippen molar-refractivity contribution in [3.8, 4) is 0 Å². The molecule has 0 aromatic heterocycles. The number of rotatable bonds is 8. The number of benzene rings is 2. The van der Waals surface area contributed by atoms with Gasteiger partial charge in [-0.15, -0.1) is 0 Å². The third-order valence-electron chi connectivity index (χ3n) is 5.42. The Hall–Kier alpha value is -3.92. The van der Waals surface area contributed by atoms with E-state index < -0.39 is 22.8 Å². The van der Waals surface area contributed by atoms with Crippen molar-refractivity contribution in [3.05, 3.63) is 80.0 Å². The van der Waals surface area contributed by atoms with Crippen LogP contribution in [0.1, 0.15) is 49.2 Å². The fraction of sp³-hybridized carbons (Fsp3) is 0.292. The van der Waals surface area contributed by atoms with E-state index in [1.54, 1.807) is 38.1 Å². The quantitative estimate of drug-likeness (QED) is 0.303. The summed E-state index contributed by atoms with van der Waals surface area (Å²) in [6.07, 6.45) is 0.707. The number of carbonyl (C=O) groups excluding carboxylic acids is 3. The summed E-state index contributed by atoms with van der Waals surface area (Å²) in [7, 11) is 0. The molecule has 3 amide bonds. The number of nitro benzene ring substituents is 1. The number of urea groups is 1. The SMILES string of the molecule is CCCN1C(=O)N[C@@H](c2cccc(NC(=O)c3ccc([N+](=O)[O-])cc3Cl)c2)C(C(=O)OCC)=C1C. The molecule has 35 heavy (non-hydrogen) atoms. The number of esters is 1. The van der Waals surface area contributed by atoms with E-state index in [4.69, 9.17) is 16.3 Å². The number of allylic oxidation sites excluding steroid dienone is 1. The van der Waals surface area contributed by atoms with E-state index in [0.29, 0.717) is 35.5 Å². The molecule has 3 rings (SSSR count). The summed E-state index contributed by atoms with van der Waals surface area (Å²) in [4.78, 5) is 50.1. The van der Waals surface area contributed by atoms with Gasteiger partial charge in [0.2, 0.25) is 0 Å². The van der Waals surface area contributed by atoms with Crippen LogP contribution in [0.25, 0.3) is 0 Å². The maximum Gasteiger partial charge on any atom is 0.338 e. The Bertz CT molecular complexity index is 1210. The summed E-state index contributed by atoms with van der Waals surface area (Å²) in [6.45, 7) is 5.96. The Labute approximate surface area is 207 Å². The molecular formula is C24H25ClN4O6. The van der Waals surface area contributed by atoms with Crippen LogP contribution in [0.4, 0.5) is 16.2 Å². The third-order valence-corrected chi connectivity index (χ3v) is 5.74. The van der Waals surface area contributed by atoms with Crippen molar-refractivity contribution in [2.75, 3.05) is 18.5 Å². The highest BCUT2D eigenvalue weighted by atomic mass is 35.5. The molecule has 0 bridgehead atoms. The number of nitrogens with zero attached hydrogens (tertiary/aromatic N) is 2. The van der Waals surface area contributed by atoms with E-state index >= 15 is 0 Å². The molecule has 0 unspecified atom stereocenters. The van der Waals surface area contributed by atoms with E-state index in [-0.39, 0.29) is 28.9 Å². The number of hydrogen-bond donors (Lipinski definition) is 2. The van der Waals surface area contributed by atoms with Gasteiger partial charge < -0.3 is 15.4 Å². The molecule has 2 N–H and O–H groups in total. The van der Waals surface area contributed by atoms with Crippen LogP contribution in [0, 0.1) is 10.1 Å². The number of nitro groups is 1. The Kier molecular flexibility index (Phi) is 8.08. The van der Waals surface area contributed by atoms with Crippen molar-refractivity contribution in [1.82, 2.24) is 10.2 Å². The summed E-state index contributed by atoms with van der Waals surface area (Å²) < 4.78 is 5.25. The zero-order valence-electron chi connectivity index (χ0n) is 19.5. The third kappa shape index (κ3) is 5.60. The Morgan fingerprint density at radius 1 is 1.23 bits per heavy atom. The Balaban J connectivity index is 1.93. The summed E-state index contributed by atoms with van der Waals surface area (Å²) in [5.74, 6) is -1.11. The predicted molar refractivity (Wildman–Crippen MR) is 130 cm³/mol. The van der Waals surface area contributed by atoms with Gasteiger partial charge in [-0.1, -0.05) is 30.7 Å². The predicted octanol–water partition coefficient (Wildman–Crippen LogP) is 4.81. The molecular weight excluding hydrogens is 476 g/mol. The van der Waals surface area contributed by atoms with Crippen molar-refractivity contribution in [2.24, 2.45) is 0 Å². The van der Waals surface area contributed by atoms with Crippen molar-refractivity contribution in [1.29, 1.82) is 0 Å². The van der Waals surface area contributed by atoms with Crippen LogP contribution in [0.5, 0.6) is 0 Å². The van der Waals surface area contributed by atoms with Crippen LogP contribution in [0.15, 0.2) is 53.7 Å². The van der Waals surface area contributed by atoms with Crippen LogP contribution < -0.4 is 10.6 Å². The maximum atomic E-state index is 12.8. The number of amides is 3. The first kappa shape index (κ1) is 25.7. The van der Waals surface area contributed by atoms with Gasteiger partial charge in [0.05, 0.1) is 33.7 Å². The van der Waals surface area contributed by atoms with Gasteiger partial charge in [-0.05, 0) is 44.0 Å². The lowest BCUT2D eigenvalue weighted by molar-refractivity contribution is -0.384. The van der Waals surface area contributed by atoms with Gasteiger partial charge >= 0.3 is 12.0 Å². The molecule has 1 aliphatic rings. The molecule has 1 aliphatic heterocycles. The minimum Gasteiger partial charge on any atom is -0.463 e. The fourth-order valence-corrected chi connectivity index (χ4v) is 4.05. The lowest BCUT2D eigenvalue weighted by Gasteiger charge is -2.35. The summed E-state index contributed by atoms with van der Waals surface area (Å²) in [6, 6.07) is 9.10. The zero-order chi connectivity index (χ0) is 25.7. The van der Waals surface area contributed by atoms with E-state index in [1.165, 1.54) is 17.0 Å². The van der Waals surface area contributed by atoms with Gasteiger partial charge in [0.25, 0.3) is 11.6 Å². The first-order valence-electron chi connectivity index (χ1n) is 11.0. The molecule has 0 fully saturated rings. The molecule has 2 aromatic carbocycles. The van der Waals surface area contributed by atoms with Crippen LogP contribution in [0.2, 0.25) is 5.02 Å². The topological polar surface area (TPSA) is 131 Å². The molecule has 1 heterocycles. The number of anilines is 1. The second-order valence-corrected chi connectivity index (χ2v) is 8.16. The average Bonchev–Trinajstić information content (AvgIpc) is 2.81. The van der Waals surface area contributed by atoms with E-state index in [0.717, 1.165) is 6.07 Å². The van der Waals surface area contributed by atoms with Crippen LogP contribution >= 0.6 is 11.6 Å². The lowest BCUT2D eigenvalue weighted by atomic mass is 9.94. The number of ether oxygens (including phenoxy) is 1. The standard InChI is InChI=1S/C24H25ClN4O6/c1-4-11-28-14(3)20(23(31)35-5-2)21(27-24(28)32)15-7-6-8-16(12-15)26-22(30)18-10-9-17(29(33)34)13-19(18)25/h6-10,12-13,21H,4-5,11H2,1-3H3,(H,26,30)(H,27,32)/t21-/m0/s1. The number of nitrogens with one attached hydrogen (secondary N) is 2. The molecule has 10 nitrogen and oxygen atoms in total. The summed E-state index contributed by atoms with van der Waals surface area (Å²) in [5.41, 5.74) is 1.59. The van der Waals surface area contributed by atoms with Crippen molar-refractivity contribution in [2.45, 2.75) is 33.2 Å².